The van der Waals surface area contributed by atoms with E-state index in [1.165, 1.54) is 0 Å². The Bertz CT molecular complexity index is 714. The molecular formula is C16H16Cl3NO3. The van der Waals surface area contributed by atoms with Crippen LogP contribution in [0.5, 0.6) is 11.5 Å². The molecule has 0 aliphatic rings. The summed E-state index contributed by atoms with van der Waals surface area (Å²) in [6, 6.07) is 9.68. The van der Waals surface area contributed by atoms with Gasteiger partial charge in [0.05, 0.1) is 14.2 Å². The van der Waals surface area contributed by atoms with Gasteiger partial charge in [-0.2, -0.15) is 0 Å². The van der Waals surface area contributed by atoms with E-state index in [1.54, 1.807) is 14.2 Å². The minimum absolute atomic E-state index is 0.310. The molecule has 2 rings (SSSR count). The summed E-state index contributed by atoms with van der Waals surface area (Å²) in [6.07, 6.45) is 0.511. The van der Waals surface area contributed by atoms with E-state index >= 15 is 0 Å². The third kappa shape index (κ3) is 4.14. The lowest BCUT2D eigenvalue weighted by Crippen LogP contribution is -2.35. The van der Waals surface area contributed by atoms with Gasteiger partial charge in [0.15, 0.2) is 0 Å². The molecule has 0 unspecified atom stereocenters. The van der Waals surface area contributed by atoms with Crippen LogP contribution in [0.25, 0.3) is 10.8 Å². The van der Waals surface area contributed by atoms with E-state index in [-0.39, 0.29) is 0 Å². The second-order valence-corrected chi connectivity index (χ2v) is 7.10. The number of halogens is 3. The Balaban J connectivity index is 2.28. The van der Waals surface area contributed by atoms with E-state index < -0.39 is 9.70 Å². The van der Waals surface area contributed by atoms with Gasteiger partial charge < -0.3 is 14.8 Å². The Kier molecular flexibility index (Phi) is 5.84. The van der Waals surface area contributed by atoms with Gasteiger partial charge in [0.1, 0.15) is 11.5 Å². The highest BCUT2D eigenvalue weighted by atomic mass is 35.6. The number of hydrogen-bond donors (Lipinski definition) is 1. The number of hydrogen-bond acceptors (Lipinski definition) is 3. The molecule has 0 spiro atoms. The first-order chi connectivity index (χ1) is 10.9. The molecule has 4 nitrogen and oxygen atoms in total. The molecule has 0 aliphatic heterocycles. The minimum Gasteiger partial charge on any atom is -0.496 e. The van der Waals surface area contributed by atoms with Crippen molar-refractivity contribution in [3.63, 3.8) is 0 Å². The summed E-state index contributed by atoms with van der Waals surface area (Å²) >= 11 is 16.6. The fraction of sp³-hybridized carbons (Fsp3) is 0.312. The van der Waals surface area contributed by atoms with Crippen LogP contribution in [0.4, 0.5) is 0 Å². The highest BCUT2D eigenvalue weighted by Crippen LogP contribution is 2.36. The van der Waals surface area contributed by atoms with Gasteiger partial charge >= 0.3 is 0 Å². The number of benzene rings is 2. The average Bonchev–Trinajstić information content (AvgIpc) is 2.52. The lowest BCUT2D eigenvalue weighted by atomic mass is 10.0. The number of fused-ring (bicyclic) bond motifs is 1. The lowest BCUT2D eigenvalue weighted by Gasteiger charge is -2.16. The van der Waals surface area contributed by atoms with Crippen molar-refractivity contribution < 1.29 is 14.3 Å². The number of amides is 1. The maximum atomic E-state index is 11.6. The van der Waals surface area contributed by atoms with Crippen LogP contribution in [-0.2, 0) is 11.2 Å². The molecule has 7 heteroatoms. The highest BCUT2D eigenvalue weighted by molar-refractivity contribution is 6.76. The van der Waals surface area contributed by atoms with Crippen molar-refractivity contribution in [3.05, 3.63) is 35.9 Å². The van der Waals surface area contributed by atoms with Crippen molar-refractivity contribution in [1.82, 2.24) is 5.32 Å². The molecule has 2 aromatic rings. The Morgan fingerprint density at radius 2 is 1.78 bits per heavy atom. The molecule has 0 heterocycles. The molecule has 1 amide bonds. The summed E-state index contributed by atoms with van der Waals surface area (Å²) in [5.74, 6) is 0.822. The SMILES string of the molecule is COc1cc(CCNC(=O)C(Cl)(Cl)Cl)c(OC)c2ccccc12. The van der Waals surface area contributed by atoms with E-state index in [4.69, 9.17) is 44.3 Å². The van der Waals surface area contributed by atoms with Crippen molar-refractivity contribution in [1.29, 1.82) is 0 Å². The van der Waals surface area contributed by atoms with Crippen molar-refractivity contribution in [2.45, 2.75) is 10.2 Å². The zero-order valence-electron chi connectivity index (χ0n) is 12.7. The summed E-state index contributed by atoms with van der Waals surface area (Å²) in [7, 11) is 3.22. The third-order valence-corrected chi connectivity index (χ3v) is 3.91. The normalized spacial score (nSPS) is 11.3. The van der Waals surface area contributed by atoms with Crippen LogP contribution in [-0.4, -0.2) is 30.5 Å². The van der Waals surface area contributed by atoms with Gasteiger partial charge in [-0.25, -0.2) is 0 Å². The van der Waals surface area contributed by atoms with E-state index in [2.05, 4.69) is 5.32 Å². The number of rotatable bonds is 5. The molecule has 0 aliphatic carbocycles. The molecule has 0 fully saturated rings. The monoisotopic (exact) mass is 375 g/mol. The fourth-order valence-electron chi connectivity index (χ4n) is 2.38. The summed E-state index contributed by atoms with van der Waals surface area (Å²) < 4.78 is 9.01. The van der Waals surface area contributed by atoms with Crippen molar-refractivity contribution in [2.24, 2.45) is 0 Å². The molecule has 23 heavy (non-hydrogen) atoms. The van der Waals surface area contributed by atoms with E-state index in [0.29, 0.717) is 13.0 Å². The van der Waals surface area contributed by atoms with Gasteiger partial charge in [-0.3, -0.25) is 4.79 Å². The quantitative estimate of drug-likeness (QED) is 0.806. The average molecular weight is 377 g/mol. The number of alkyl halides is 3. The fourth-order valence-corrected chi connectivity index (χ4v) is 2.58. The van der Waals surface area contributed by atoms with E-state index in [0.717, 1.165) is 27.8 Å². The van der Waals surface area contributed by atoms with Crippen LogP contribution in [0.15, 0.2) is 30.3 Å². The van der Waals surface area contributed by atoms with Crippen molar-refractivity contribution in [3.8, 4) is 11.5 Å². The molecule has 0 radical (unpaired) electrons. The first kappa shape index (κ1) is 18.0. The van der Waals surface area contributed by atoms with E-state index in [1.807, 2.05) is 30.3 Å². The molecule has 0 saturated carbocycles. The van der Waals surface area contributed by atoms with Crippen LogP contribution < -0.4 is 14.8 Å². The maximum absolute atomic E-state index is 11.6. The first-order valence-electron chi connectivity index (χ1n) is 6.86. The smallest absolute Gasteiger partial charge is 0.272 e. The van der Waals surface area contributed by atoms with Crippen LogP contribution in [0.2, 0.25) is 0 Å². The van der Waals surface area contributed by atoms with Gasteiger partial charge in [0.25, 0.3) is 9.70 Å². The Hall–Kier alpha value is -1.36. The predicted molar refractivity (Wildman–Crippen MR) is 94.1 cm³/mol. The first-order valence-corrected chi connectivity index (χ1v) is 7.99. The second-order valence-electron chi connectivity index (χ2n) is 4.82. The van der Waals surface area contributed by atoms with Gasteiger partial charge in [-0.05, 0) is 12.5 Å². The molecule has 2 aromatic carbocycles. The third-order valence-electron chi connectivity index (χ3n) is 3.40. The van der Waals surface area contributed by atoms with Crippen LogP contribution in [0, 0.1) is 0 Å². The molecule has 0 atom stereocenters. The van der Waals surface area contributed by atoms with E-state index in [9.17, 15) is 4.79 Å². The van der Waals surface area contributed by atoms with Gasteiger partial charge in [-0.1, -0.05) is 59.1 Å². The summed E-state index contributed by atoms with van der Waals surface area (Å²) in [5, 5.41) is 4.48. The topological polar surface area (TPSA) is 47.6 Å². The largest absolute Gasteiger partial charge is 0.496 e. The molecular weight excluding hydrogens is 361 g/mol. The van der Waals surface area contributed by atoms with Crippen LogP contribution >= 0.6 is 34.8 Å². The standard InChI is InChI=1S/C16H16Cl3NO3/c1-22-13-9-10(7-8-20-15(21)16(17,18)19)14(23-2)12-6-4-3-5-11(12)13/h3-6,9H,7-8H2,1-2H3,(H,20,21). The molecule has 0 saturated heterocycles. The van der Waals surface area contributed by atoms with Crippen LogP contribution in [0.1, 0.15) is 5.56 Å². The highest BCUT2D eigenvalue weighted by Gasteiger charge is 2.30. The lowest BCUT2D eigenvalue weighted by molar-refractivity contribution is -0.120. The number of carbonyl (C=O) groups excluding carboxylic acids is 1. The molecule has 0 bridgehead atoms. The predicted octanol–water partition coefficient (Wildman–Crippen LogP) is 3.89. The Labute approximate surface area is 149 Å². The second kappa shape index (κ2) is 7.47. The number of nitrogens with one attached hydrogen (secondary N) is 1. The summed E-state index contributed by atoms with van der Waals surface area (Å²) in [5.41, 5.74) is 0.896. The van der Waals surface area contributed by atoms with Crippen LogP contribution in [0.3, 0.4) is 0 Å². The Morgan fingerprint density at radius 3 is 2.35 bits per heavy atom. The maximum Gasteiger partial charge on any atom is 0.272 e. The zero-order valence-corrected chi connectivity index (χ0v) is 14.9. The van der Waals surface area contributed by atoms with Gasteiger partial charge in [0, 0.05) is 22.9 Å². The zero-order chi connectivity index (χ0) is 17.0. The van der Waals surface area contributed by atoms with Crippen molar-refractivity contribution in [2.75, 3.05) is 20.8 Å². The number of methoxy groups -OCH3 is 2. The van der Waals surface area contributed by atoms with Gasteiger partial charge in [0.2, 0.25) is 0 Å². The Morgan fingerprint density at radius 1 is 1.13 bits per heavy atom. The number of carbonyl (C=O) groups is 1. The summed E-state index contributed by atoms with van der Waals surface area (Å²) in [6.45, 7) is 0.310. The molecule has 0 aromatic heterocycles. The molecule has 124 valence electrons. The minimum atomic E-state index is -1.97. The number of ether oxygens (including phenoxy) is 2. The van der Waals surface area contributed by atoms with Crippen molar-refractivity contribution >= 4 is 51.5 Å². The summed E-state index contributed by atoms with van der Waals surface area (Å²) in [4.78, 5) is 11.6. The van der Waals surface area contributed by atoms with Gasteiger partial charge in [-0.15, -0.1) is 0 Å². The molecule has 1 N–H and O–H groups in total.